The lowest BCUT2D eigenvalue weighted by molar-refractivity contribution is -0.0501. The molecule has 0 fully saturated rings. The van der Waals surface area contributed by atoms with Gasteiger partial charge in [0.25, 0.3) is 5.91 Å². The third-order valence-electron chi connectivity index (χ3n) is 3.48. The van der Waals surface area contributed by atoms with E-state index in [1.54, 1.807) is 23.9 Å². The molecular weight excluding hydrogens is 332 g/mol. The molecule has 24 heavy (non-hydrogen) atoms. The quantitative estimate of drug-likeness (QED) is 0.592. The second-order valence-electron chi connectivity index (χ2n) is 5.23. The molecule has 0 atom stereocenters. The number of carbonyl (C=O) groups is 1. The Kier molecular flexibility index (Phi) is 6.61. The molecular formula is C18H19F2NO2S. The summed E-state index contributed by atoms with van der Waals surface area (Å²) in [4.78, 5) is 13.2. The largest absolute Gasteiger partial charge is 0.434 e. The number of alkyl halides is 2. The van der Waals surface area contributed by atoms with Crippen molar-refractivity contribution in [3.63, 3.8) is 0 Å². The molecule has 0 aliphatic rings. The minimum absolute atomic E-state index is 0.106. The highest BCUT2D eigenvalue weighted by Crippen LogP contribution is 2.22. The lowest BCUT2D eigenvalue weighted by atomic mass is 10.1. The first kappa shape index (κ1) is 18.3. The number of para-hydroxylation sites is 1. The molecule has 6 heteroatoms. The lowest BCUT2D eigenvalue weighted by Crippen LogP contribution is -2.26. The van der Waals surface area contributed by atoms with Crippen molar-refractivity contribution in [3.05, 3.63) is 59.2 Å². The second kappa shape index (κ2) is 8.68. The van der Waals surface area contributed by atoms with Crippen LogP contribution in [0.3, 0.4) is 0 Å². The van der Waals surface area contributed by atoms with Crippen LogP contribution >= 0.6 is 11.8 Å². The second-order valence-corrected chi connectivity index (χ2v) is 6.39. The van der Waals surface area contributed by atoms with E-state index >= 15 is 0 Å². The molecule has 1 N–H and O–H groups in total. The molecule has 0 unspecified atom stereocenters. The highest BCUT2D eigenvalue weighted by Gasteiger charge is 2.14. The number of benzene rings is 2. The van der Waals surface area contributed by atoms with Crippen LogP contribution in [0.5, 0.6) is 5.75 Å². The number of aryl methyl sites for hydroxylation is 2. The van der Waals surface area contributed by atoms with Crippen molar-refractivity contribution >= 4 is 17.7 Å². The Bertz CT molecular complexity index is 707. The van der Waals surface area contributed by atoms with Crippen molar-refractivity contribution in [2.45, 2.75) is 25.4 Å². The summed E-state index contributed by atoms with van der Waals surface area (Å²) in [7, 11) is 0. The monoisotopic (exact) mass is 351 g/mol. The minimum Gasteiger partial charge on any atom is -0.434 e. The summed E-state index contributed by atoms with van der Waals surface area (Å²) in [6.45, 7) is 1.59. The van der Waals surface area contributed by atoms with Crippen molar-refractivity contribution in [2.24, 2.45) is 0 Å². The molecule has 0 aliphatic carbocycles. The zero-order valence-corrected chi connectivity index (χ0v) is 14.3. The van der Waals surface area contributed by atoms with E-state index in [1.807, 2.05) is 6.07 Å². The van der Waals surface area contributed by atoms with Crippen LogP contribution in [0.25, 0.3) is 0 Å². The number of thioether (sulfide) groups is 1. The number of halogens is 2. The Hall–Kier alpha value is -2.08. The fourth-order valence-corrected chi connectivity index (χ4v) is 2.95. The van der Waals surface area contributed by atoms with Crippen LogP contribution in [0.15, 0.2) is 47.4 Å². The maximum atomic E-state index is 12.4. The number of carbonyl (C=O) groups excluding carboxylic acids is 1. The number of amides is 1. The van der Waals surface area contributed by atoms with E-state index in [1.165, 1.54) is 23.3 Å². The van der Waals surface area contributed by atoms with E-state index in [0.717, 1.165) is 4.90 Å². The van der Waals surface area contributed by atoms with Gasteiger partial charge in [0.2, 0.25) is 0 Å². The topological polar surface area (TPSA) is 38.3 Å². The van der Waals surface area contributed by atoms with Crippen molar-refractivity contribution in [1.82, 2.24) is 5.32 Å². The average Bonchev–Trinajstić information content (AvgIpc) is 2.54. The molecule has 0 saturated carbocycles. The maximum absolute atomic E-state index is 12.4. The van der Waals surface area contributed by atoms with Crippen molar-refractivity contribution in [3.8, 4) is 5.75 Å². The van der Waals surface area contributed by atoms with Gasteiger partial charge < -0.3 is 10.1 Å². The van der Waals surface area contributed by atoms with Gasteiger partial charge in [-0.1, -0.05) is 18.2 Å². The SMILES string of the molecule is Cc1ccc(SCCNC(=O)c2ccccc2OC(F)F)cc1C. The van der Waals surface area contributed by atoms with Crippen LogP contribution in [0, 0.1) is 13.8 Å². The van der Waals surface area contributed by atoms with Gasteiger partial charge in [-0.25, -0.2) is 0 Å². The summed E-state index contributed by atoms with van der Waals surface area (Å²) < 4.78 is 29.1. The van der Waals surface area contributed by atoms with E-state index < -0.39 is 12.5 Å². The first-order valence-corrected chi connectivity index (χ1v) is 8.48. The normalized spacial score (nSPS) is 10.7. The number of hydrogen-bond acceptors (Lipinski definition) is 3. The number of hydrogen-bond donors (Lipinski definition) is 1. The van der Waals surface area contributed by atoms with Crippen molar-refractivity contribution in [2.75, 3.05) is 12.3 Å². The van der Waals surface area contributed by atoms with E-state index in [2.05, 4.69) is 36.0 Å². The molecule has 2 aromatic carbocycles. The summed E-state index contributed by atoms with van der Waals surface area (Å²) in [6.07, 6.45) is 0. The molecule has 0 radical (unpaired) electrons. The molecule has 2 rings (SSSR count). The summed E-state index contributed by atoms with van der Waals surface area (Å²) >= 11 is 1.63. The molecule has 0 bridgehead atoms. The lowest BCUT2D eigenvalue weighted by Gasteiger charge is -2.11. The Balaban J connectivity index is 1.86. The summed E-state index contributed by atoms with van der Waals surface area (Å²) in [5, 5.41) is 2.72. The van der Waals surface area contributed by atoms with Crippen LogP contribution in [-0.2, 0) is 0 Å². The minimum atomic E-state index is -2.96. The van der Waals surface area contributed by atoms with Crippen molar-refractivity contribution in [1.29, 1.82) is 0 Å². The first-order valence-electron chi connectivity index (χ1n) is 7.49. The Morgan fingerprint density at radius 2 is 1.92 bits per heavy atom. The summed E-state index contributed by atoms with van der Waals surface area (Å²) in [6, 6.07) is 12.2. The predicted octanol–water partition coefficient (Wildman–Crippen LogP) is 4.43. The highest BCUT2D eigenvalue weighted by molar-refractivity contribution is 7.99. The molecule has 0 aliphatic heterocycles. The van der Waals surface area contributed by atoms with Gasteiger partial charge in [0, 0.05) is 17.2 Å². The summed E-state index contributed by atoms with van der Waals surface area (Å²) in [5.41, 5.74) is 2.57. The molecule has 2 aromatic rings. The highest BCUT2D eigenvalue weighted by atomic mass is 32.2. The maximum Gasteiger partial charge on any atom is 0.387 e. The van der Waals surface area contributed by atoms with E-state index in [9.17, 15) is 13.6 Å². The summed E-state index contributed by atoms with van der Waals surface area (Å²) in [5.74, 6) is 0.144. The standard InChI is InChI=1S/C18H19F2NO2S/c1-12-7-8-14(11-13(12)2)24-10-9-21-17(22)15-5-3-4-6-16(15)23-18(19)20/h3-8,11,18H,9-10H2,1-2H3,(H,21,22). The zero-order valence-electron chi connectivity index (χ0n) is 13.5. The van der Waals surface area contributed by atoms with Gasteiger partial charge in [-0.3, -0.25) is 4.79 Å². The fraction of sp³-hybridized carbons (Fsp3) is 0.278. The van der Waals surface area contributed by atoms with Crippen LogP contribution in [-0.4, -0.2) is 24.8 Å². The van der Waals surface area contributed by atoms with Gasteiger partial charge in [-0.2, -0.15) is 8.78 Å². The molecule has 0 aromatic heterocycles. The molecule has 3 nitrogen and oxygen atoms in total. The van der Waals surface area contributed by atoms with Crippen LogP contribution < -0.4 is 10.1 Å². The molecule has 1 amide bonds. The predicted molar refractivity (Wildman–Crippen MR) is 92.0 cm³/mol. The number of ether oxygens (including phenoxy) is 1. The Morgan fingerprint density at radius 3 is 2.62 bits per heavy atom. The van der Waals surface area contributed by atoms with Crippen LogP contribution in [0.4, 0.5) is 8.78 Å². The zero-order chi connectivity index (χ0) is 17.5. The van der Waals surface area contributed by atoms with E-state index in [0.29, 0.717) is 12.3 Å². The van der Waals surface area contributed by atoms with Crippen LogP contribution in [0.2, 0.25) is 0 Å². The first-order chi connectivity index (χ1) is 11.5. The van der Waals surface area contributed by atoms with Gasteiger partial charge in [-0.15, -0.1) is 11.8 Å². The van der Waals surface area contributed by atoms with Crippen LogP contribution in [0.1, 0.15) is 21.5 Å². The van der Waals surface area contributed by atoms with Gasteiger partial charge >= 0.3 is 6.61 Å². The van der Waals surface area contributed by atoms with E-state index in [-0.39, 0.29) is 11.3 Å². The molecule has 0 heterocycles. The van der Waals surface area contributed by atoms with Gasteiger partial charge in [0.05, 0.1) is 5.56 Å². The Morgan fingerprint density at radius 1 is 1.17 bits per heavy atom. The van der Waals surface area contributed by atoms with Gasteiger partial charge in [-0.05, 0) is 49.2 Å². The molecule has 0 saturated heterocycles. The molecule has 128 valence electrons. The van der Waals surface area contributed by atoms with Crippen molar-refractivity contribution < 1.29 is 18.3 Å². The van der Waals surface area contributed by atoms with Gasteiger partial charge in [0.1, 0.15) is 5.75 Å². The smallest absolute Gasteiger partial charge is 0.387 e. The Labute approximate surface area is 144 Å². The molecule has 0 spiro atoms. The third kappa shape index (κ3) is 5.23. The van der Waals surface area contributed by atoms with E-state index in [4.69, 9.17) is 0 Å². The number of nitrogens with one attached hydrogen (secondary N) is 1. The average molecular weight is 351 g/mol. The fourth-order valence-electron chi connectivity index (χ4n) is 2.09. The van der Waals surface area contributed by atoms with Gasteiger partial charge in [0.15, 0.2) is 0 Å². The number of rotatable bonds is 7. The third-order valence-corrected chi connectivity index (χ3v) is 4.48.